The lowest BCUT2D eigenvalue weighted by Gasteiger charge is -2.25. The van der Waals surface area contributed by atoms with Crippen LogP contribution in [0.5, 0.6) is 5.75 Å². The van der Waals surface area contributed by atoms with Gasteiger partial charge in [0, 0.05) is 17.6 Å². The van der Waals surface area contributed by atoms with Crippen LogP contribution >= 0.6 is 0 Å². The van der Waals surface area contributed by atoms with Crippen LogP contribution in [0.4, 0.5) is 5.69 Å². The van der Waals surface area contributed by atoms with Gasteiger partial charge in [0.15, 0.2) is 5.82 Å². The number of nitrogens with one attached hydrogen (secondary N) is 1. The molecule has 2 aromatic rings. The van der Waals surface area contributed by atoms with E-state index in [1.54, 1.807) is 24.8 Å². The van der Waals surface area contributed by atoms with E-state index in [4.69, 9.17) is 10.5 Å². The number of carbonyl (C=O) groups excluding carboxylic acids is 1. The molecule has 1 aromatic heterocycles. The minimum absolute atomic E-state index is 0.00899. The molecular formula is C16H22N6O2. The fraction of sp³-hybridized carbons (Fsp3) is 0.500. The van der Waals surface area contributed by atoms with Gasteiger partial charge in [-0.2, -0.15) is 4.68 Å². The van der Waals surface area contributed by atoms with E-state index in [1.807, 2.05) is 12.1 Å². The summed E-state index contributed by atoms with van der Waals surface area (Å²) in [6, 6.07) is 5.52. The predicted molar refractivity (Wildman–Crippen MR) is 89.0 cm³/mol. The first kappa shape index (κ1) is 16.4. The van der Waals surface area contributed by atoms with Crippen LogP contribution in [-0.4, -0.2) is 39.3 Å². The van der Waals surface area contributed by atoms with Gasteiger partial charge in [-0.1, -0.05) is 6.42 Å². The molecule has 0 radical (unpaired) electrons. The maximum Gasteiger partial charge on any atom is 0.227 e. The molecule has 3 rings (SSSR count). The zero-order valence-electron chi connectivity index (χ0n) is 13.9. The van der Waals surface area contributed by atoms with Crippen molar-refractivity contribution in [2.24, 2.45) is 11.7 Å². The van der Waals surface area contributed by atoms with Crippen LogP contribution in [-0.2, 0) is 4.79 Å². The molecule has 1 heterocycles. The molecule has 1 fully saturated rings. The van der Waals surface area contributed by atoms with Gasteiger partial charge < -0.3 is 15.8 Å². The average Bonchev–Trinajstić information content (AvgIpc) is 3.00. The molecule has 1 aliphatic rings. The third-order valence-electron chi connectivity index (χ3n) is 4.39. The predicted octanol–water partition coefficient (Wildman–Crippen LogP) is 1.44. The molecule has 2 atom stereocenters. The van der Waals surface area contributed by atoms with E-state index in [2.05, 4.69) is 20.8 Å². The van der Waals surface area contributed by atoms with Crippen molar-refractivity contribution < 1.29 is 9.53 Å². The van der Waals surface area contributed by atoms with Crippen molar-refractivity contribution in [3.05, 3.63) is 24.0 Å². The van der Waals surface area contributed by atoms with Crippen LogP contribution < -0.4 is 15.8 Å². The maximum atomic E-state index is 12.5. The molecule has 24 heavy (non-hydrogen) atoms. The highest BCUT2D eigenvalue weighted by molar-refractivity contribution is 5.93. The zero-order valence-corrected chi connectivity index (χ0v) is 13.9. The minimum atomic E-state index is -0.0333. The van der Waals surface area contributed by atoms with Crippen molar-refractivity contribution >= 4 is 11.6 Å². The molecule has 2 unspecified atom stereocenters. The summed E-state index contributed by atoms with van der Waals surface area (Å²) in [6.45, 7) is 1.80. The van der Waals surface area contributed by atoms with Gasteiger partial charge in [0.2, 0.25) is 5.91 Å². The average molecular weight is 330 g/mol. The molecule has 1 aliphatic carbocycles. The molecule has 8 heteroatoms. The smallest absolute Gasteiger partial charge is 0.227 e. The van der Waals surface area contributed by atoms with E-state index in [-0.39, 0.29) is 17.9 Å². The number of anilines is 1. The molecule has 0 saturated heterocycles. The molecule has 0 bridgehead atoms. The maximum absolute atomic E-state index is 12.5. The number of hydrogen-bond donors (Lipinski definition) is 2. The minimum Gasteiger partial charge on any atom is -0.494 e. The van der Waals surface area contributed by atoms with Crippen molar-refractivity contribution in [2.75, 3.05) is 12.4 Å². The van der Waals surface area contributed by atoms with E-state index in [1.165, 1.54) is 0 Å². The number of ether oxygens (including phenoxy) is 1. The third-order valence-corrected chi connectivity index (χ3v) is 4.39. The number of aryl methyl sites for hydroxylation is 1. The van der Waals surface area contributed by atoms with Crippen LogP contribution in [0.15, 0.2) is 18.2 Å². The number of benzene rings is 1. The fourth-order valence-electron chi connectivity index (χ4n) is 3.10. The lowest BCUT2D eigenvalue weighted by molar-refractivity contribution is -0.120. The summed E-state index contributed by atoms with van der Waals surface area (Å²) >= 11 is 0. The Kier molecular flexibility index (Phi) is 4.75. The van der Waals surface area contributed by atoms with Gasteiger partial charge in [-0.05, 0) is 54.8 Å². The molecule has 8 nitrogen and oxygen atoms in total. The highest BCUT2D eigenvalue weighted by atomic mass is 16.5. The van der Waals surface area contributed by atoms with Crippen LogP contribution in [0.1, 0.15) is 31.5 Å². The molecule has 0 aliphatic heterocycles. The Morgan fingerprint density at radius 3 is 2.92 bits per heavy atom. The van der Waals surface area contributed by atoms with E-state index in [0.29, 0.717) is 22.9 Å². The van der Waals surface area contributed by atoms with Crippen molar-refractivity contribution in [2.45, 2.75) is 38.6 Å². The van der Waals surface area contributed by atoms with E-state index < -0.39 is 0 Å². The first-order chi connectivity index (χ1) is 11.6. The topological polar surface area (TPSA) is 108 Å². The number of carbonyl (C=O) groups is 1. The summed E-state index contributed by atoms with van der Waals surface area (Å²) in [5.41, 5.74) is 7.34. The Morgan fingerprint density at radius 1 is 1.42 bits per heavy atom. The standard InChI is InChI=1S/C16H22N6O2/c1-10-19-20-21-22(10)14-9-13(6-7-15(14)24-2)18-16(23)11-4-3-5-12(17)8-11/h6-7,9,11-12H,3-5,8,17H2,1-2H3,(H,18,23). The van der Waals surface area contributed by atoms with E-state index in [0.717, 1.165) is 25.7 Å². The van der Waals surface area contributed by atoms with Gasteiger partial charge in [0.05, 0.1) is 7.11 Å². The zero-order chi connectivity index (χ0) is 17.1. The molecule has 1 amide bonds. The fourth-order valence-corrected chi connectivity index (χ4v) is 3.10. The summed E-state index contributed by atoms with van der Waals surface area (Å²) < 4.78 is 6.94. The second-order valence-corrected chi connectivity index (χ2v) is 6.14. The number of nitrogens with zero attached hydrogens (tertiary/aromatic N) is 4. The Hall–Kier alpha value is -2.48. The number of amides is 1. The number of rotatable bonds is 4. The Labute approximate surface area is 140 Å². The lowest BCUT2D eigenvalue weighted by Crippen LogP contribution is -2.34. The van der Waals surface area contributed by atoms with Gasteiger partial charge in [-0.3, -0.25) is 4.79 Å². The summed E-state index contributed by atoms with van der Waals surface area (Å²) in [5.74, 6) is 1.24. The lowest BCUT2D eigenvalue weighted by atomic mass is 9.85. The van der Waals surface area contributed by atoms with Crippen LogP contribution in [0.25, 0.3) is 5.69 Å². The van der Waals surface area contributed by atoms with Crippen LogP contribution in [0, 0.1) is 12.8 Å². The highest BCUT2D eigenvalue weighted by Crippen LogP contribution is 2.28. The van der Waals surface area contributed by atoms with Crippen LogP contribution in [0.3, 0.4) is 0 Å². The Morgan fingerprint density at radius 2 is 2.25 bits per heavy atom. The molecule has 3 N–H and O–H groups in total. The Bertz CT molecular complexity index is 729. The van der Waals surface area contributed by atoms with Gasteiger partial charge in [0.1, 0.15) is 11.4 Å². The number of methoxy groups -OCH3 is 1. The third kappa shape index (κ3) is 3.38. The highest BCUT2D eigenvalue weighted by Gasteiger charge is 2.25. The molecule has 1 saturated carbocycles. The van der Waals surface area contributed by atoms with Crippen LogP contribution in [0.2, 0.25) is 0 Å². The first-order valence-corrected chi connectivity index (χ1v) is 8.08. The van der Waals surface area contributed by atoms with Gasteiger partial charge in [0.25, 0.3) is 0 Å². The second kappa shape index (κ2) is 6.96. The summed E-state index contributed by atoms with van der Waals surface area (Å²) in [7, 11) is 1.58. The number of nitrogens with two attached hydrogens (primary N) is 1. The number of hydrogen-bond acceptors (Lipinski definition) is 6. The molecular weight excluding hydrogens is 308 g/mol. The second-order valence-electron chi connectivity index (χ2n) is 6.14. The van der Waals surface area contributed by atoms with Crippen molar-refractivity contribution in [1.82, 2.24) is 20.2 Å². The van der Waals surface area contributed by atoms with Crippen molar-refractivity contribution in [3.63, 3.8) is 0 Å². The molecule has 1 aromatic carbocycles. The number of aromatic nitrogens is 4. The molecule has 0 spiro atoms. The first-order valence-electron chi connectivity index (χ1n) is 8.08. The van der Waals surface area contributed by atoms with E-state index in [9.17, 15) is 4.79 Å². The molecule has 128 valence electrons. The quantitative estimate of drug-likeness (QED) is 0.878. The van der Waals surface area contributed by atoms with Gasteiger partial charge >= 0.3 is 0 Å². The largest absolute Gasteiger partial charge is 0.494 e. The summed E-state index contributed by atoms with van der Waals surface area (Å²) in [6.07, 6.45) is 3.61. The van der Waals surface area contributed by atoms with Crippen molar-refractivity contribution in [3.8, 4) is 11.4 Å². The van der Waals surface area contributed by atoms with Gasteiger partial charge in [-0.25, -0.2) is 0 Å². The van der Waals surface area contributed by atoms with Gasteiger partial charge in [-0.15, -0.1) is 5.10 Å². The number of tetrazole rings is 1. The normalized spacial score (nSPS) is 20.6. The van der Waals surface area contributed by atoms with Crippen molar-refractivity contribution in [1.29, 1.82) is 0 Å². The van der Waals surface area contributed by atoms with E-state index >= 15 is 0 Å². The summed E-state index contributed by atoms with van der Waals surface area (Å²) in [4.78, 5) is 12.5. The summed E-state index contributed by atoms with van der Waals surface area (Å²) in [5, 5.41) is 14.5. The Balaban J connectivity index is 1.82. The monoisotopic (exact) mass is 330 g/mol. The SMILES string of the molecule is COc1ccc(NC(=O)C2CCCC(N)C2)cc1-n1nnnc1C.